The van der Waals surface area contributed by atoms with Crippen molar-refractivity contribution < 1.29 is 4.79 Å². The van der Waals surface area contributed by atoms with Gasteiger partial charge in [-0.1, -0.05) is 18.2 Å². The van der Waals surface area contributed by atoms with Gasteiger partial charge in [0.15, 0.2) is 0 Å². The Morgan fingerprint density at radius 1 is 1.36 bits per heavy atom. The standard InChI is InChI=1S/C19H20N4O2/c1-13-10-20-22(11-13)12-14-5-4-8-23(14)19(25)16-9-18(24)21-17-7-3-2-6-15(16)17/h2-3,6-7,9-11,14H,4-5,8,12H2,1H3,(H,21,24)/t14-/m0/s1. The van der Waals surface area contributed by atoms with E-state index >= 15 is 0 Å². The van der Waals surface area contributed by atoms with Crippen LogP contribution in [-0.4, -0.2) is 38.2 Å². The Labute approximate surface area is 145 Å². The SMILES string of the molecule is Cc1cnn(C[C@@H]2CCCN2C(=O)c2cc(=O)[nH]c3ccccc23)c1. The molecule has 3 aromatic rings. The van der Waals surface area contributed by atoms with Crippen LogP contribution in [0.15, 0.2) is 47.5 Å². The van der Waals surface area contributed by atoms with Crippen molar-refractivity contribution in [3.8, 4) is 0 Å². The molecule has 25 heavy (non-hydrogen) atoms. The Kier molecular flexibility index (Phi) is 3.87. The quantitative estimate of drug-likeness (QED) is 0.798. The predicted octanol–water partition coefficient (Wildman–Crippen LogP) is 2.34. The molecule has 1 saturated heterocycles. The number of hydrogen-bond acceptors (Lipinski definition) is 3. The second-order valence-corrected chi connectivity index (χ2v) is 6.63. The van der Waals surface area contributed by atoms with Gasteiger partial charge in [-0.25, -0.2) is 0 Å². The number of aromatic nitrogens is 3. The van der Waals surface area contributed by atoms with Crippen molar-refractivity contribution in [3.63, 3.8) is 0 Å². The fourth-order valence-corrected chi connectivity index (χ4v) is 3.61. The predicted molar refractivity (Wildman–Crippen MR) is 95.6 cm³/mol. The van der Waals surface area contributed by atoms with Crippen LogP contribution in [0.1, 0.15) is 28.8 Å². The number of amides is 1. The first-order valence-corrected chi connectivity index (χ1v) is 8.54. The molecule has 3 heterocycles. The number of fused-ring (bicyclic) bond motifs is 1. The zero-order chi connectivity index (χ0) is 17.4. The Balaban J connectivity index is 1.67. The highest BCUT2D eigenvalue weighted by atomic mass is 16.2. The van der Waals surface area contributed by atoms with Crippen LogP contribution in [0, 0.1) is 6.92 Å². The lowest BCUT2D eigenvalue weighted by Crippen LogP contribution is -2.38. The first-order valence-electron chi connectivity index (χ1n) is 8.54. The third kappa shape index (κ3) is 2.95. The molecule has 1 aliphatic rings. The van der Waals surface area contributed by atoms with Crippen LogP contribution in [-0.2, 0) is 6.54 Å². The number of aromatic amines is 1. The molecule has 1 aromatic carbocycles. The van der Waals surface area contributed by atoms with E-state index in [1.807, 2.05) is 53.2 Å². The van der Waals surface area contributed by atoms with E-state index in [0.717, 1.165) is 23.8 Å². The highest BCUT2D eigenvalue weighted by Gasteiger charge is 2.30. The lowest BCUT2D eigenvalue weighted by molar-refractivity contribution is 0.0723. The minimum Gasteiger partial charge on any atom is -0.334 e. The molecule has 0 spiro atoms. The molecule has 128 valence electrons. The summed E-state index contributed by atoms with van der Waals surface area (Å²) in [6, 6.07) is 8.95. The number of aryl methyl sites for hydroxylation is 1. The summed E-state index contributed by atoms with van der Waals surface area (Å²) in [6.07, 6.45) is 5.73. The maximum Gasteiger partial charge on any atom is 0.255 e. The van der Waals surface area contributed by atoms with E-state index in [1.165, 1.54) is 6.07 Å². The van der Waals surface area contributed by atoms with E-state index in [2.05, 4.69) is 10.1 Å². The van der Waals surface area contributed by atoms with Crippen LogP contribution in [0.4, 0.5) is 0 Å². The Morgan fingerprint density at radius 2 is 2.20 bits per heavy atom. The number of carbonyl (C=O) groups excluding carboxylic acids is 1. The first-order chi connectivity index (χ1) is 12.1. The summed E-state index contributed by atoms with van der Waals surface area (Å²) >= 11 is 0. The summed E-state index contributed by atoms with van der Waals surface area (Å²) in [6.45, 7) is 3.40. The number of hydrogen-bond donors (Lipinski definition) is 1. The number of likely N-dealkylation sites (tertiary alicyclic amines) is 1. The molecule has 1 atom stereocenters. The topological polar surface area (TPSA) is 71.0 Å². The monoisotopic (exact) mass is 336 g/mol. The number of nitrogens with one attached hydrogen (secondary N) is 1. The molecular weight excluding hydrogens is 316 g/mol. The van der Waals surface area contributed by atoms with Gasteiger partial charge in [-0.2, -0.15) is 5.10 Å². The molecule has 2 aromatic heterocycles. The van der Waals surface area contributed by atoms with Gasteiger partial charge in [-0.3, -0.25) is 14.3 Å². The third-order valence-corrected chi connectivity index (χ3v) is 4.78. The van der Waals surface area contributed by atoms with E-state index in [-0.39, 0.29) is 17.5 Å². The van der Waals surface area contributed by atoms with Crippen LogP contribution in [0.3, 0.4) is 0 Å². The van der Waals surface area contributed by atoms with Gasteiger partial charge in [0, 0.05) is 29.7 Å². The zero-order valence-corrected chi connectivity index (χ0v) is 14.1. The molecule has 1 fully saturated rings. The van der Waals surface area contributed by atoms with Crippen molar-refractivity contribution in [2.45, 2.75) is 32.4 Å². The van der Waals surface area contributed by atoms with Crippen molar-refractivity contribution in [2.75, 3.05) is 6.54 Å². The number of benzene rings is 1. The highest BCUT2D eigenvalue weighted by molar-refractivity contribution is 6.06. The molecule has 1 amide bonds. The first kappa shape index (κ1) is 15.6. The van der Waals surface area contributed by atoms with Crippen LogP contribution >= 0.6 is 0 Å². The number of nitrogens with zero attached hydrogens (tertiary/aromatic N) is 3. The maximum absolute atomic E-state index is 13.2. The smallest absolute Gasteiger partial charge is 0.255 e. The van der Waals surface area contributed by atoms with E-state index < -0.39 is 0 Å². The van der Waals surface area contributed by atoms with Crippen LogP contribution in [0.2, 0.25) is 0 Å². The minimum absolute atomic E-state index is 0.0753. The average molecular weight is 336 g/mol. The fraction of sp³-hybridized carbons (Fsp3) is 0.316. The molecule has 6 heteroatoms. The largest absolute Gasteiger partial charge is 0.334 e. The molecule has 4 rings (SSSR count). The summed E-state index contributed by atoms with van der Waals surface area (Å²) in [4.78, 5) is 29.8. The van der Waals surface area contributed by atoms with Crippen LogP contribution in [0.25, 0.3) is 10.9 Å². The van der Waals surface area contributed by atoms with Crippen molar-refractivity contribution in [2.24, 2.45) is 0 Å². The maximum atomic E-state index is 13.2. The molecule has 0 aliphatic carbocycles. The molecule has 0 bridgehead atoms. The summed E-state index contributed by atoms with van der Waals surface area (Å²) in [5.74, 6) is -0.0753. The number of pyridine rings is 1. The molecule has 1 aliphatic heterocycles. The van der Waals surface area contributed by atoms with Crippen molar-refractivity contribution >= 4 is 16.8 Å². The fourth-order valence-electron chi connectivity index (χ4n) is 3.61. The second kappa shape index (κ2) is 6.20. The van der Waals surface area contributed by atoms with Gasteiger partial charge >= 0.3 is 0 Å². The van der Waals surface area contributed by atoms with E-state index in [0.29, 0.717) is 24.2 Å². The lowest BCUT2D eigenvalue weighted by atomic mass is 10.1. The van der Waals surface area contributed by atoms with Crippen LogP contribution < -0.4 is 5.56 Å². The summed E-state index contributed by atoms with van der Waals surface area (Å²) in [7, 11) is 0. The molecule has 0 saturated carbocycles. The third-order valence-electron chi connectivity index (χ3n) is 4.78. The number of rotatable bonds is 3. The molecule has 6 nitrogen and oxygen atoms in total. The molecule has 0 radical (unpaired) electrons. The number of carbonyl (C=O) groups is 1. The normalized spacial score (nSPS) is 17.3. The van der Waals surface area contributed by atoms with Gasteiger partial charge in [0.25, 0.3) is 5.91 Å². The van der Waals surface area contributed by atoms with Crippen molar-refractivity contribution in [1.29, 1.82) is 0 Å². The van der Waals surface area contributed by atoms with Crippen molar-refractivity contribution in [1.82, 2.24) is 19.7 Å². The zero-order valence-electron chi connectivity index (χ0n) is 14.1. The van der Waals surface area contributed by atoms with E-state index in [1.54, 1.807) is 0 Å². The Morgan fingerprint density at radius 3 is 3.00 bits per heavy atom. The summed E-state index contributed by atoms with van der Waals surface area (Å²) in [5.41, 5.74) is 2.02. The minimum atomic E-state index is -0.250. The second-order valence-electron chi connectivity index (χ2n) is 6.63. The van der Waals surface area contributed by atoms with Gasteiger partial charge in [0.05, 0.1) is 24.3 Å². The Bertz CT molecular complexity index is 988. The van der Waals surface area contributed by atoms with Crippen LogP contribution in [0.5, 0.6) is 0 Å². The Hall–Kier alpha value is -2.89. The summed E-state index contributed by atoms with van der Waals surface area (Å²) < 4.78 is 1.89. The van der Waals surface area contributed by atoms with E-state index in [4.69, 9.17) is 0 Å². The van der Waals surface area contributed by atoms with Gasteiger partial charge in [0.1, 0.15) is 0 Å². The molecule has 1 N–H and O–H groups in total. The van der Waals surface area contributed by atoms with Gasteiger partial charge in [-0.05, 0) is 31.4 Å². The average Bonchev–Trinajstić information content (AvgIpc) is 3.22. The molecular formula is C19H20N4O2. The van der Waals surface area contributed by atoms with Gasteiger partial charge in [0.2, 0.25) is 5.56 Å². The summed E-state index contributed by atoms with van der Waals surface area (Å²) in [5, 5.41) is 5.12. The van der Waals surface area contributed by atoms with Gasteiger partial charge < -0.3 is 9.88 Å². The number of para-hydroxylation sites is 1. The van der Waals surface area contributed by atoms with E-state index in [9.17, 15) is 9.59 Å². The number of H-pyrrole nitrogens is 1. The molecule has 0 unspecified atom stereocenters. The lowest BCUT2D eigenvalue weighted by Gasteiger charge is -2.25. The highest BCUT2D eigenvalue weighted by Crippen LogP contribution is 2.24. The van der Waals surface area contributed by atoms with Gasteiger partial charge in [-0.15, -0.1) is 0 Å². The van der Waals surface area contributed by atoms with Crippen molar-refractivity contribution in [3.05, 3.63) is 64.2 Å².